The van der Waals surface area contributed by atoms with E-state index >= 15 is 0 Å². The van der Waals surface area contributed by atoms with Crippen molar-refractivity contribution in [1.82, 2.24) is 15.0 Å². The SMILES string of the molecule is COC(=O)c1ccc(C2=NOC(c3cc(Cl)cc(Cl)c3)(C(F)(F)F)C2)c2nn(C)nc12. The zero-order valence-electron chi connectivity index (χ0n) is 16.0. The van der Waals surface area contributed by atoms with Crippen molar-refractivity contribution in [3.63, 3.8) is 0 Å². The predicted octanol–water partition coefficient (Wildman–Crippen LogP) is 4.64. The molecule has 1 aliphatic rings. The summed E-state index contributed by atoms with van der Waals surface area (Å²) in [4.78, 5) is 18.2. The molecule has 0 saturated carbocycles. The Hall–Kier alpha value is -2.85. The molecule has 0 saturated heterocycles. The van der Waals surface area contributed by atoms with Crippen molar-refractivity contribution >= 4 is 45.9 Å². The van der Waals surface area contributed by atoms with Gasteiger partial charge in [-0.1, -0.05) is 28.4 Å². The predicted molar refractivity (Wildman–Crippen MR) is 106 cm³/mol. The van der Waals surface area contributed by atoms with Gasteiger partial charge in [0.25, 0.3) is 5.60 Å². The van der Waals surface area contributed by atoms with Crippen LogP contribution in [-0.2, 0) is 22.2 Å². The minimum Gasteiger partial charge on any atom is -0.465 e. The van der Waals surface area contributed by atoms with Crippen LogP contribution in [0.1, 0.15) is 27.9 Å². The first-order valence-corrected chi connectivity index (χ1v) is 9.52. The number of ether oxygens (including phenoxy) is 1. The van der Waals surface area contributed by atoms with Crippen molar-refractivity contribution in [3.05, 3.63) is 57.1 Å². The standard InChI is InChI=1S/C19H13Cl2F3N4O3/c1-28-25-15-12(3-4-13(16(15)26-28)17(29)30-2)14-8-18(31-27-14,19(22,23)24)9-5-10(20)7-11(21)6-9/h3-7H,8H2,1-2H3. The van der Waals surface area contributed by atoms with E-state index in [0.717, 1.165) is 12.1 Å². The Kier molecular flexibility index (Phi) is 5.09. The molecule has 4 rings (SSSR count). The van der Waals surface area contributed by atoms with E-state index in [0.29, 0.717) is 0 Å². The fraction of sp³-hybridized carbons (Fsp3) is 0.263. The smallest absolute Gasteiger partial charge is 0.435 e. The number of methoxy groups -OCH3 is 1. The molecule has 7 nitrogen and oxygen atoms in total. The summed E-state index contributed by atoms with van der Waals surface area (Å²) >= 11 is 11.9. The molecule has 1 unspecified atom stereocenters. The Balaban J connectivity index is 1.83. The maximum atomic E-state index is 14.2. The van der Waals surface area contributed by atoms with Crippen molar-refractivity contribution in [2.45, 2.75) is 18.2 Å². The summed E-state index contributed by atoms with van der Waals surface area (Å²) in [5.41, 5.74) is -2.35. The summed E-state index contributed by atoms with van der Waals surface area (Å²) in [6, 6.07) is 6.42. The molecule has 0 N–H and O–H groups in total. The van der Waals surface area contributed by atoms with Crippen LogP contribution in [0, 0.1) is 0 Å². The zero-order chi connectivity index (χ0) is 22.6. The van der Waals surface area contributed by atoms with Gasteiger partial charge in [0.2, 0.25) is 0 Å². The van der Waals surface area contributed by atoms with Gasteiger partial charge in [0.1, 0.15) is 11.0 Å². The molecule has 0 radical (unpaired) electrons. The van der Waals surface area contributed by atoms with Gasteiger partial charge in [-0.25, -0.2) is 4.79 Å². The first-order valence-electron chi connectivity index (χ1n) is 8.77. The van der Waals surface area contributed by atoms with E-state index in [2.05, 4.69) is 15.4 Å². The van der Waals surface area contributed by atoms with Gasteiger partial charge < -0.3 is 9.57 Å². The number of alkyl halides is 3. The van der Waals surface area contributed by atoms with Crippen LogP contribution in [0.4, 0.5) is 13.2 Å². The fourth-order valence-electron chi connectivity index (χ4n) is 3.44. The molecule has 31 heavy (non-hydrogen) atoms. The number of fused-ring (bicyclic) bond motifs is 1. The van der Waals surface area contributed by atoms with Crippen LogP contribution in [0.3, 0.4) is 0 Å². The summed E-state index contributed by atoms with van der Waals surface area (Å²) in [5, 5.41) is 12.1. The lowest BCUT2D eigenvalue weighted by molar-refractivity contribution is -0.275. The number of rotatable bonds is 3. The summed E-state index contributed by atoms with van der Waals surface area (Å²) < 4.78 is 47.4. The quantitative estimate of drug-likeness (QED) is 0.518. The third kappa shape index (κ3) is 3.49. The first kappa shape index (κ1) is 21.4. The van der Waals surface area contributed by atoms with Crippen LogP contribution in [-0.4, -0.2) is 40.0 Å². The minimum absolute atomic E-state index is 0.0182. The molecule has 0 aliphatic carbocycles. The molecule has 2 heterocycles. The molecular weight excluding hydrogens is 460 g/mol. The van der Waals surface area contributed by atoms with E-state index in [1.807, 2.05) is 0 Å². The van der Waals surface area contributed by atoms with Gasteiger partial charge in [0.15, 0.2) is 0 Å². The average molecular weight is 473 g/mol. The van der Waals surface area contributed by atoms with Gasteiger partial charge in [-0.05, 0) is 30.3 Å². The van der Waals surface area contributed by atoms with E-state index in [-0.39, 0.29) is 43.5 Å². The molecule has 162 valence electrons. The number of carbonyl (C=O) groups is 1. The van der Waals surface area contributed by atoms with Gasteiger partial charge in [0, 0.05) is 28.2 Å². The number of nitrogens with zero attached hydrogens (tertiary/aromatic N) is 4. The van der Waals surface area contributed by atoms with Gasteiger partial charge in [-0.2, -0.15) is 28.2 Å². The van der Waals surface area contributed by atoms with Crippen LogP contribution in [0.25, 0.3) is 11.0 Å². The van der Waals surface area contributed by atoms with Crippen LogP contribution in [0.2, 0.25) is 10.0 Å². The maximum absolute atomic E-state index is 14.2. The van der Waals surface area contributed by atoms with E-state index in [9.17, 15) is 18.0 Å². The molecule has 2 aromatic carbocycles. The molecule has 3 aromatic rings. The fourth-order valence-corrected chi connectivity index (χ4v) is 3.96. The molecule has 0 spiro atoms. The summed E-state index contributed by atoms with van der Waals surface area (Å²) in [7, 11) is 2.73. The Morgan fingerprint density at radius 2 is 1.81 bits per heavy atom. The highest BCUT2D eigenvalue weighted by atomic mass is 35.5. The number of hydrogen-bond donors (Lipinski definition) is 0. The second kappa shape index (κ2) is 7.38. The summed E-state index contributed by atoms with van der Waals surface area (Å²) in [5.74, 6) is -0.653. The van der Waals surface area contributed by atoms with Crippen LogP contribution in [0.5, 0.6) is 0 Å². The molecule has 1 aromatic heterocycles. The number of oxime groups is 1. The van der Waals surface area contributed by atoms with Gasteiger partial charge >= 0.3 is 12.1 Å². The molecular formula is C19H13Cl2F3N4O3. The highest BCUT2D eigenvalue weighted by Gasteiger charge is 2.62. The topological polar surface area (TPSA) is 78.6 Å². The van der Waals surface area contributed by atoms with Crippen molar-refractivity contribution in [1.29, 1.82) is 0 Å². The van der Waals surface area contributed by atoms with E-state index < -0.39 is 24.2 Å². The Morgan fingerprint density at radius 3 is 2.42 bits per heavy atom. The third-order valence-electron chi connectivity index (χ3n) is 4.87. The monoisotopic (exact) mass is 472 g/mol. The molecule has 0 amide bonds. The minimum atomic E-state index is -4.83. The van der Waals surface area contributed by atoms with Gasteiger partial charge in [0.05, 0.1) is 24.8 Å². The van der Waals surface area contributed by atoms with E-state index in [1.54, 1.807) is 0 Å². The summed E-state index contributed by atoms with van der Waals surface area (Å²) in [6.07, 6.45) is -5.49. The second-order valence-electron chi connectivity index (χ2n) is 6.83. The highest BCUT2D eigenvalue weighted by molar-refractivity contribution is 6.34. The Morgan fingerprint density at radius 1 is 1.16 bits per heavy atom. The Bertz CT molecular complexity index is 1220. The number of benzene rings is 2. The van der Waals surface area contributed by atoms with Crippen LogP contribution < -0.4 is 0 Å². The molecule has 1 aliphatic heterocycles. The molecule has 0 bridgehead atoms. The molecule has 12 heteroatoms. The molecule has 0 fully saturated rings. The van der Waals surface area contributed by atoms with Crippen LogP contribution >= 0.6 is 23.2 Å². The highest BCUT2D eigenvalue weighted by Crippen LogP contribution is 2.50. The summed E-state index contributed by atoms with van der Waals surface area (Å²) in [6.45, 7) is 0. The lowest BCUT2D eigenvalue weighted by Crippen LogP contribution is -2.42. The molecule has 1 atom stereocenters. The number of aryl methyl sites for hydroxylation is 1. The average Bonchev–Trinajstić information content (AvgIpc) is 3.30. The number of aromatic nitrogens is 3. The van der Waals surface area contributed by atoms with E-state index in [4.69, 9.17) is 32.8 Å². The van der Waals surface area contributed by atoms with Gasteiger partial charge in [-0.15, -0.1) is 0 Å². The first-order chi connectivity index (χ1) is 14.6. The van der Waals surface area contributed by atoms with Crippen LogP contribution in [0.15, 0.2) is 35.5 Å². The normalized spacial score (nSPS) is 18.7. The van der Waals surface area contributed by atoms with Gasteiger partial charge in [-0.3, -0.25) is 0 Å². The number of esters is 1. The van der Waals surface area contributed by atoms with Crippen molar-refractivity contribution in [3.8, 4) is 0 Å². The number of hydrogen-bond acceptors (Lipinski definition) is 6. The van der Waals surface area contributed by atoms with E-state index in [1.165, 1.54) is 37.2 Å². The third-order valence-corrected chi connectivity index (χ3v) is 5.31. The lowest BCUT2D eigenvalue weighted by atomic mass is 9.86. The largest absolute Gasteiger partial charge is 0.465 e. The maximum Gasteiger partial charge on any atom is 0.435 e. The van der Waals surface area contributed by atoms with Crippen molar-refractivity contribution < 1.29 is 27.5 Å². The number of carbonyl (C=O) groups excluding carboxylic acids is 1. The lowest BCUT2D eigenvalue weighted by Gasteiger charge is -2.29. The second-order valence-corrected chi connectivity index (χ2v) is 7.70. The van der Waals surface area contributed by atoms with Crippen molar-refractivity contribution in [2.24, 2.45) is 12.2 Å². The zero-order valence-corrected chi connectivity index (χ0v) is 17.5. The number of halogens is 5. The Labute approximate surface area is 183 Å². The van der Waals surface area contributed by atoms with Crippen molar-refractivity contribution in [2.75, 3.05) is 7.11 Å².